The SMILES string of the molecule is Cc1nc(C)c2c(C)c(C(=O)N3CCCC(C(=O)NC4CCCCC4)C3)sc2n1. The molecule has 3 heterocycles. The number of carbonyl (C=O) groups is 2. The van der Waals surface area contributed by atoms with E-state index in [-0.39, 0.29) is 17.7 Å². The van der Waals surface area contributed by atoms with Crippen LogP contribution >= 0.6 is 11.3 Å². The van der Waals surface area contributed by atoms with Crippen molar-refractivity contribution in [3.05, 3.63) is 22.0 Å². The largest absolute Gasteiger partial charge is 0.353 e. The van der Waals surface area contributed by atoms with Crippen LogP contribution in [0.3, 0.4) is 0 Å². The minimum Gasteiger partial charge on any atom is -0.353 e. The van der Waals surface area contributed by atoms with Crippen LogP contribution < -0.4 is 5.32 Å². The summed E-state index contributed by atoms with van der Waals surface area (Å²) in [5, 5.41) is 4.23. The summed E-state index contributed by atoms with van der Waals surface area (Å²) in [5.41, 5.74) is 1.88. The predicted molar refractivity (Wildman–Crippen MR) is 115 cm³/mol. The van der Waals surface area contributed by atoms with E-state index in [1.54, 1.807) is 0 Å². The number of hydrogen-bond donors (Lipinski definition) is 1. The van der Waals surface area contributed by atoms with Gasteiger partial charge in [-0.2, -0.15) is 0 Å². The number of thiophene rings is 1. The monoisotopic (exact) mass is 414 g/mol. The minimum absolute atomic E-state index is 0.0257. The van der Waals surface area contributed by atoms with Gasteiger partial charge in [0.2, 0.25) is 5.91 Å². The maximum absolute atomic E-state index is 13.3. The number of nitrogens with one attached hydrogen (secondary N) is 1. The van der Waals surface area contributed by atoms with Gasteiger partial charge >= 0.3 is 0 Å². The molecule has 2 amide bonds. The van der Waals surface area contributed by atoms with Crippen molar-refractivity contribution in [2.75, 3.05) is 13.1 Å². The fourth-order valence-corrected chi connectivity index (χ4v) is 6.01. The first-order valence-electron chi connectivity index (χ1n) is 10.8. The number of likely N-dealkylation sites (tertiary alicyclic amines) is 1. The van der Waals surface area contributed by atoms with Crippen LogP contribution in [0, 0.1) is 26.7 Å². The van der Waals surface area contributed by atoms with Crippen molar-refractivity contribution in [2.45, 2.75) is 71.8 Å². The zero-order valence-electron chi connectivity index (χ0n) is 17.6. The van der Waals surface area contributed by atoms with Gasteiger partial charge in [0, 0.05) is 30.2 Å². The fraction of sp³-hybridized carbons (Fsp3) is 0.636. The number of nitrogens with zero attached hydrogens (tertiary/aromatic N) is 3. The molecule has 0 spiro atoms. The zero-order valence-corrected chi connectivity index (χ0v) is 18.4. The van der Waals surface area contributed by atoms with Gasteiger partial charge in [-0.15, -0.1) is 11.3 Å². The third-order valence-electron chi connectivity index (χ3n) is 6.31. The highest BCUT2D eigenvalue weighted by Crippen LogP contribution is 2.33. The third kappa shape index (κ3) is 4.15. The second-order valence-electron chi connectivity index (χ2n) is 8.53. The Morgan fingerprint density at radius 2 is 1.79 bits per heavy atom. The highest BCUT2D eigenvalue weighted by molar-refractivity contribution is 7.20. The second-order valence-corrected chi connectivity index (χ2v) is 9.53. The average molecular weight is 415 g/mol. The van der Waals surface area contributed by atoms with Crippen LogP contribution in [0.1, 0.15) is 71.7 Å². The van der Waals surface area contributed by atoms with E-state index in [2.05, 4.69) is 15.3 Å². The van der Waals surface area contributed by atoms with Gasteiger partial charge in [-0.25, -0.2) is 9.97 Å². The Hall–Kier alpha value is -2.02. The molecule has 2 aromatic heterocycles. The molecule has 156 valence electrons. The zero-order chi connectivity index (χ0) is 20.5. The summed E-state index contributed by atoms with van der Waals surface area (Å²) in [4.78, 5) is 38.5. The molecule has 2 aromatic rings. The molecule has 1 saturated heterocycles. The van der Waals surface area contributed by atoms with Crippen molar-refractivity contribution in [1.29, 1.82) is 0 Å². The summed E-state index contributed by atoms with van der Waals surface area (Å²) in [7, 11) is 0. The molecule has 1 unspecified atom stereocenters. The standard InChI is InChI=1S/C22H30N4O2S/c1-13-18-14(2)23-15(3)24-21(18)29-19(13)22(28)26-11-7-8-16(12-26)20(27)25-17-9-5-4-6-10-17/h16-17H,4-12H2,1-3H3,(H,25,27). The second kappa shape index (κ2) is 8.38. The Bertz CT molecular complexity index is 933. The van der Waals surface area contributed by atoms with E-state index in [0.29, 0.717) is 19.1 Å². The van der Waals surface area contributed by atoms with Crippen molar-refractivity contribution in [3.8, 4) is 0 Å². The molecule has 1 saturated carbocycles. The summed E-state index contributed by atoms with van der Waals surface area (Å²) in [5.74, 6) is 0.776. The average Bonchev–Trinajstić information content (AvgIpc) is 3.04. The first kappa shape index (κ1) is 20.3. The Labute approximate surface area is 176 Å². The molecule has 4 rings (SSSR count). The molecule has 7 heteroatoms. The molecule has 0 radical (unpaired) electrons. The van der Waals surface area contributed by atoms with E-state index in [4.69, 9.17) is 0 Å². The number of hydrogen-bond acceptors (Lipinski definition) is 5. The minimum atomic E-state index is -0.104. The molecule has 6 nitrogen and oxygen atoms in total. The van der Waals surface area contributed by atoms with E-state index in [1.807, 2.05) is 25.7 Å². The molecule has 0 aromatic carbocycles. The summed E-state index contributed by atoms with van der Waals surface area (Å²) in [6, 6.07) is 0.317. The summed E-state index contributed by atoms with van der Waals surface area (Å²) in [6.45, 7) is 7.05. The maximum atomic E-state index is 13.3. The van der Waals surface area contributed by atoms with Crippen LogP contribution in [0.5, 0.6) is 0 Å². The van der Waals surface area contributed by atoms with Crippen LogP contribution in [-0.2, 0) is 4.79 Å². The van der Waals surface area contributed by atoms with Gasteiger partial charge in [0.1, 0.15) is 10.7 Å². The lowest BCUT2D eigenvalue weighted by atomic mass is 9.93. The quantitative estimate of drug-likeness (QED) is 0.826. The highest BCUT2D eigenvalue weighted by atomic mass is 32.1. The van der Waals surface area contributed by atoms with Crippen LogP contribution in [-0.4, -0.2) is 45.8 Å². The van der Waals surface area contributed by atoms with Gasteiger partial charge in [0.05, 0.1) is 10.8 Å². The molecule has 29 heavy (non-hydrogen) atoms. The third-order valence-corrected chi connectivity index (χ3v) is 7.48. The molecular weight excluding hydrogens is 384 g/mol. The van der Waals surface area contributed by atoms with Gasteiger partial charge in [-0.1, -0.05) is 19.3 Å². The molecule has 1 aliphatic carbocycles. The van der Waals surface area contributed by atoms with Crippen molar-refractivity contribution in [1.82, 2.24) is 20.2 Å². The van der Waals surface area contributed by atoms with Crippen LogP contribution in [0.15, 0.2) is 0 Å². The Morgan fingerprint density at radius 1 is 1.03 bits per heavy atom. The number of aromatic nitrogens is 2. The fourth-order valence-electron chi connectivity index (χ4n) is 4.76. The van der Waals surface area contributed by atoms with E-state index >= 15 is 0 Å². The molecule has 1 atom stereocenters. The van der Waals surface area contributed by atoms with E-state index in [0.717, 1.165) is 57.9 Å². The number of carbonyl (C=O) groups excluding carboxylic acids is 2. The number of piperidine rings is 1. The van der Waals surface area contributed by atoms with E-state index < -0.39 is 0 Å². The smallest absolute Gasteiger partial charge is 0.264 e. The summed E-state index contributed by atoms with van der Waals surface area (Å²) in [6.07, 6.45) is 7.58. The van der Waals surface area contributed by atoms with Gasteiger partial charge < -0.3 is 10.2 Å². The number of rotatable bonds is 3. The van der Waals surface area contributed by atoms with Crippen molar-refractivity contribution in [3.63, 3.8) is 0 Å². The van der Waals surface area contributed by atoms with Gasteiger partial charge in [0.25, 0.3) is 5.91 Å². The van der Waals surface area contributed by atoms with Gasteiger partial charge in [0.15, 0.2) is 0 Å². The number of fused-ring (bicyclic) bond motifs is 1. The predicted octanol–water partition coefficient (Wildman–Crippen LogP) is 3.92. The van der Waals surface area contributed by atoms with Crippen molar-refractivity contribution < 1.29 is 9.59 Å². The van der Waals surface area contributed by atoms with Crippen LogP contribution in [0.25, 0.3) is 10.2 Å². The maximum Gasteiger partial charge on any atom is 0.264 e. The number of aryl methyl sites for hydroxylation is 3. The van der Waals surface area contributed by atoms with E-state index in [1.165, 1.54) is 30.6 Å². The number of amides is 2. The first-order valence-corrected chi connectivity index (χ1v) is 11.6. The van der Waals surface area contributed by atoms with Crippen LogP contribution in [0.4, 0.5) is 0 Å². The Morgan fingerprint density at radius 3 is 2.55 bits per heavy atom. The summed E-state index contributed by atoms with van der Waals surface area (Å²) < 4.78 is 0. The highest BCUT2D eigenvalue weighted by Gasteiger charge is 2.32. The first-order chi connectivity index (χ1) is 13.9. The topological polar surface area (TPSA) is 75.2 Å². The van der Waals surface area contributed by atoms with Crippen molar-refractivity contribution in [2.24, 2.45) is 5.92 Å². The lowest BCUT2D eigenvalue weighted by molar-refractivity contribution is -0.127. The molecule has 1 N–H and O–H groups in total. The lowest BCUT2D eigenvalue weighted by Gasteiger charge is -2.33. The molecule has 1 aliphatic heterocycles. The molecular formula is C22H30N4O2S. The lowest BCUT2D eigenvalue weighted by Crippen LogP contribution is -2.47. The normalized spacial score (nSPS) is 20.8. The van der Waals surface area contributed by atoms with Crippen LogP contribution in [0.2, 0.25) is 0 Å². The molecule has 2 aliphatic rings. The van der Waals surface area contributed by atoms with Crippen molar-refractivity contribution >= 4 is 33.4 Å². The van der Waals surface area contributed by atoms with Gasteiger partial charge in [-0.3, -0.25) is 9.59 Å². The Kier molecular flexibility index (Phi) is 5.86. The van der Waals surface area contributed by atoms with E-state index in [9.17, 15) is 9.59 Å². The molecule has 0 bridgehead atoms. The van der Waals surface area contributed by atoms with Gasteiger partial charge in [-0.05, 0) is 52.0 Å². The molecule has 2 fully saturated rings. The Balaban J connectivity index is 1.49. The summed E-state index contributed by atoms with van der Waals surface area (Å²) >= 11 is 1.45.